The number of piperazine rings is 2. The normalized spacial score (nSPS) is 14.2. The Morgan fingerprint density at radius 3 is 1.39 bits per heavy atom. The molecular formula is C52H77BrN8O8. The van der Waals surface area contributed by atoms with Crippen molar-refractivity contribution in [2.24, 2.45) is 0 Å². The molecule has 0 atom stereocenters. The van der Waals surface area contributed by atoms with Crippen molar-refractivity contribution in [1.29, 1.82) is 0 Å². The molecule has 6 rings (SSSR count). The molecule has 0 saturated carbocycles. The maximum absolute atomic E-state index is 12.4. The molecule has 4 heterocycles. The van der Waals surface area contributed by atoms with Crippen LogP contribution in [0.25, 0.3) is 0 Å². The van der Waals surface area contributed by atoms with Gasteiger partial charge in [-0.2, -0.15) is 0 Å². The van der Waals surface area contributed by atoms with Crippen LogP contribution in [0.3, 0.4) is 0 Å². The molecule has 4 aromatic rings. The molecule has 0 radical (unpaired) electrons. The number of ether oxygens (including phenoxy) is 6. The van der Waals surface area contributed by atoms with E-state index >= 15 is 0 Å². The molecule has 16 nitrogen and oxygen atoms in total. The standard InChI is InChI=1S/C26H38N4O4.C16H25N3O2.C10H14BrNO2/c1-7-32-24(33-8-2)23-10-9-20(18-27-23)28-21-15-19(3)16-22(17-21)29-11-13-30(14-12-29)25(31)34-26(4,5)6;1-12-9-13(17)11-14(10-12)18-5-7-19(8-6-18)15(20)21-16(2,3)4;1-3-13-10(14-4-2)9-6-5-8(11)7-12-9/h9-10,15-18,24,28H,7-8,11-14H2,1-6H3;9-11H,5-8,17H2,1-4H3;5-7,10H,3-4H2,1-2H3. The van der Waals surface area contributed by atoms with Gasteiger partial charge in [-0.25, -0.2) is 9.59 Å². The summed E-state index contributed by atoms with van der Waals surface area (Å²) in [5.74, 6) is 0. The van der Waals surface area contributed by atoms with Crippen molar-refractivity contribution in [2.75, 3.05) is 99.6 Å². The monoisotopic (exact) mass is 1020 g/mol. The molecule has 2 aliphatic heterocycles. The van der Waals surface area contributed by atoms with Gasteiger partial charge >= 0.3 is 12.2 Å². The zero-order valence-electron chi connectivity index (χ0n) is 43.0. The highest BCUT2D eigenvalue weighted by molar-refractivity contribution is 9.10. The number of pyridine rings is 2. The Hall–Kier alpha value is -5.20. The van der Waals surface area contributed by atoms with Gasteiger partial charge in [0.25, 0.3) is 0 Å². The van der Waals surface area contributed by atoms with Gasteiger partial charge in [-0.05, 0) is 171 Å². The molecule has 2 aromatic heterocycles. The fourth-order valence-electron chi connectivity index (χ4n) is 7.29. The lowest BCUT2D eigenvalue weighted by molar-refractivity contribution is -0.142. The molecule has 0 spiro atoms. The molecule has 0 aliphatic carbocycles. The van der Waals surface area contributed by atoms with Gasteiger partial charge < -0.3 is 59.1 Å². The Balaban J connectivity index is 0.000000251. The number of hydrogen-bond donors (Lipinski definition) is 2. The maximum Gasteiger partial charge on any atom is 0.410 e. The molecule has 0 bridgehead atoms. The second-order valence-electron chi connectivity index (χ2n) is 18.6. The largest absolute Gasteiger partial charge is 0.444 e. The number of halogens is 1. The Morgan fingerprint density at radius 2 is 1.01 bits per heavy atom. The number of aryl methyl sites for hydroxylation is 2. The number of rotatable bonds is 14. The topological polar surface area (TPSA) is 166 Å². The summed E-state index contributed by atoms with van der Waals surface area (Å²) in [6.07, 6.45) is 2.26. The zero-order valence-corrected chi connectivity index (χ0v) is 44.6. The van der Waals surface area contributed by atoms with Gasteiger partial charge in [0.05, 0.1) is 23.3 Å². The molecule has 0 unspecified atom stereocenters. The third kappa shape index (κ3) is 19.6. The number of carbonyl (C=O) groups excluding carboxylic acids is 2. The molecule has 17 heteroatoms. The van der Waals surface area contributed by atoms with Crippen molar-refractivity contribution in [3.8, 4) is 0 Å². The lowest BCUT2D eigenvalue weighted by Gasteiger charge is -2.37. The van der Waals surface area contributed by atoms with Gasteiger partial charge in [-0.3, -0.25) is 9.97 Å². The molecule has 2 aliphatic rings. The lowest BCUT2D eigenvalue weighted by Crippen LogP contribution is -2.50. The number of aromatic nitrogens is 2. The first-order valence-corrected chi connectivity index (χ1v) is 24.7. The highest BCUT2D eigenvalue weighted by Gasteiger charge is 2.28. The van der Waals surface area contributed by atoms with E-state index < -0.39 is 17.5 Å². The van der Waals surface area contributed by atoms with E-state index in [9.17, 15) is 9.59 Å². The van der Waals surface area contributed by atoms with Crippen LogP contribution in [0.4, 0.5) is 38.0 Å². The molecule has 2 aromatic carbocycles. The number of amides is 2. The van der Waals surface area contributed by atoms with E-state index in [1.165, 1.54) is 0 Å². The number of hydrogen-bond acceptors (Lipinski definition) is 14. The van der Waals surface area contributed by atoms with Crippen molar-refractivity contribution in [3.05, 3.63) is 100 Å². The Bertz CT molecular complexity index is 2140. The van der Waals surface area contributed by atoms with Crippen LogP contribution in [0, 0.1) is 13.8 Å². The fraction of sp³-hybridized carbons (Fsp3) is 0.538. The third-order valence-electron chi connectivity index (χ3n) is 10.3. The smallest absolute Gasteiger partial charge is 0.410 e. The van der Waals surface area contributed by atoms with Crippen LogP contribution in [0.1, 0.15) is 104 Å². The van der Waals surface area contributed by atoms with E-state index in [0.29, 0.717) is 52.6 Å². The number of carbonyl (C=O) groups is 2. The van der Waals surface area contributed by atoms with E-state index in [-0.39, 0.29) is 18.5 Å². The summed E-state index contributed by atoms with van der Waals surface area (Å²) in [6.45, 7) is 31.3. The van der Waals surface area contributed by atoms with Crippen LogP contribution in [-0.2, 0) is 28.4 Å². The zero-order chi connectivity index (χ0) is 50.7. The molecule has 69 heavy (non-hydrogen) atoms. The first kappa shape index (κ1) is 56.4. The molecular weight excluding hydrogens is 945 g/mol. The Kier molecular flexibility index (Phi) is 22.3. The highest BCUT2D eigenvalue weighted by Crippen LogP contribution is 2.28. The molecule has 380 valence electrons. The van der Waals surface area contributed by atoms with Gasteiger partial charge in [-0.15, -0.1) is 0 Å². The minimum Gasteiger partial charge on any atom is -0.444 e. The van der Waals surface area contributed by atoms with Crippen molar-refractivity contribution in [3.63, 3.8) is 0 Å². The Labute approximate surface area is 419 Å². The van der Waals surface area contributed by atoms with Gasteiger partial charge in [-0.1, -0.05) is 0 Å². The number of nitrogens with two attached hydrogens (primary N) is 1. The minimum absolute atomic E-state index is 0.231. The fourth-order valence-corrected chi connectivity index (χ4v) is 7.53. The predicted octanol–water partition coefficient (Wildman–Crippen LogP) is 10.8. The van der Waals surface area contributed by atoms with E-state index in [4.69, 9.17) is 34.2 Å². The van der Waals surface area contributed by atoms with Crippen molar-refractivity contribution < 1.29 is 38.0 Å². The first-order valence-electron chi connectivity index (χ1n) is 24.0. The van der Waals surface area contributed by atoms with Crippen molar-refractivity contribution in [2.45, 2.75) is 107 Å². The number of anilines is 5. The number of nitrogens with zero attached hydrogens (tertiary/aromatic N) is 6. The van der Waals surface area contributed by atoms with Gasteiger partial charge in [0.2, 0.25) is 12.6 Å². The van der Waals surface area contributed by atoms with Crippen molar-refractivity contribution in [1.82, 2.24) is 19.8 Å². The van der Waals surface area contributed by atoms with Gasteiger partial charge in [0.15, 0.2) is 0 Å². The summed E-state index contributed by atoms with van der Waals surface area (Å²) in [4.78, 5) is 41.2. The molecule has 2 amide bonds. The summed E-state index contributed by atoms with van der Waals surface area (Å²) in [5, 5.41) is 3.45. The van der Waals surface area contributed by atoms with Crippen LogP contribution in [-0.4, -0.2) is 122 Å². The van der Waals surface area contributed by atoms with Gasteiger partial charge in [0.1, 0.15) is 11.2 Å². The maximum atomic E-state index is 12.4. The number of nitrogen functional groups attached to an aromatic ring is 1. The van der Waals surface area contributed by atoms with Crippen molar-refractivity contribution >= 4 is 56.6 Å². The van der Waals surface area contributed by atoms with E-state index in [1.807, 2.05) is 113 Å². The average Bonchev–Trinajstić information content (AvgIpc) is 3.28. The second kappa shape index (κ2) is 27.3. The summed E-state index contributed by atoms with van der Waals surface area (Å²) in [7, 11) is 0. The lowest BCUT2D eigenvalue weighted by atomic mass is 10.1. The first-order chi connectivity index (χ1) is 32.7. The average molecular weight is 1020 g/mol. The minimum atomic E-state index is -0.481. The second-order valence-corrected chi connectivity index (χ2v) is 19.5. The van der Waals surface area contributed by atoms with Gasteiger partial charge in [0, 0.05) is 112 Å². The summed E-state index contributed by atoms with van der Waals surface area (Å²) < 4.78 is 33.9. The predicted molar refractivity (Wildman–Crippen MR) is 278 cm³/mol. The van der Waals surface area contributed by atoms with Crippen LogP contribution in [0.15, 0.2) is 77.5 Å². The summed E-state index contributed by atoms with van der Waals surface area (Å²) >= 11 is 3.33. The Morgan fingerprint density at radius 1 is 0.594 bits per heavy atom. The quantitative estimate of drug-likeness (QED) is 0.0905. The van der Waals surface area contributed by atoms with E-state index in [0.717, 1.165) is 81.6 Å². The van der Waals surface area contributed by atoms with Crippen LogP contribution in [0.5, 0.6) is 0 Å². The van der Waals surface area contributed by atoms with Crippen LogP contribution in [0.2, 0.25) is 0 Å². The number of nitrogens with one attached hydrogen (secondary N) is 1. The summed E-state index contributed by atoms with van der Waals surface area (Å²) in [5.41, 5.74) is 13.7. The summed E-state index contributed by atoms with van der Waals surface area (Å²) in [6, 6.07) is 20.2. The SMILES string of the molecule is CCOC(OCC)c1ccc(Br)cn1.CCOC(OCC)c1ccc(Nc2cc(C)cc(N3CCN(C(=O)OC(C)(C)C)CC3)c2)cn1.Cc1cc(N)cc(N2CCN(C(=O)OC(C)(C)C)CC2)c1. The van der Waals surface area contributed by atoms with Crippen LogP contribution < -0.4 is 20.9 Å². The van der Waals surface area contributed by atoms with E-state index in [2.05, 4.69) is 72.2 Å². The highest BCUT2D eigenvalue weighted by atomic mass is 79.9. The van der Waals surface area contributed by atoms with E-state index in [1.54, 1.807) is 22.2 Å². The number of benzene rings is 2. The van der Waals surface area contributed by atoms with Crippen LogP contribution >= 0.6 is 15.9 Å². The molecule has 2 saturated heterocycles. The molecule has 2 fully saturated rings. The molecule has 3 N–H and O–H groups in total. The third-order valence-corrected chi connectivity index (χ3v) is 10.8.